The van der Waals surface area contributed by atoms with Gasteiger partial charge in [-0.1, -0.05) is 150 Å². The van der Waals surface area contributed by atoms with Gasteiger partial charge in [0.1, 0.15) is 12.6 Å². The summed E-state index contributed by atoms with van der Waals surface area (Å²) in [5.41, 5.74) is 0. The predicted molar refractivity (Wildman–Crippen MR) is 235 cm³/mol. The molecule has 8 nitrogen and oxygen atoms in total. The molecule has 2 atom stereocenters. The van der Waals surface area contributed by atoms with E-state index in [2.05, 4.69) is 86.8 Å². The topological polar surface area (TPSA) is 102 Å². The number of carbonyl (C=O) groups is 3. The monoisotopic (exact) mass is 796 g/mol. The molecule has 0 spiro atoms. The van der Waals surface area contributed by atoms with Crippen molar-refractivity contribution < 1.29 is 38.2 Å². The van der Waals surface area contributed by atoms with Crippen LogP contribution < -0.4 is 5.11 Å². The van der Waals surface area contributed by atoms with Crippen LogP contribution in [0.2, 0.25) is 0 Å². The van der Waals surface area contributed by atoms with Crippen LogP contribution in [0.15, 0.2) is 85.1 Å². The van der Waals surface area contributed by atoms with Crippen LogP contribution in [-0.2, 0) is 28.6 Å². The van der Waals surface area contributed by atoms with Crippen LogP contribution in [0.4, 0.5) is 0 Å². The number of likely N-dealkylation sites (N-methyl/N-ethyl adjacent to an activating group) is 1. The average Bonchev–Trinajstić information content (AvgIpc) is 3.17. The summed E-state index contributed by atoms with van der Waals surface area (Å²) in [6.45, 7) is 4.36. The predicted octanol–water partition coefficient (Wildman–Crippen LogP) is 10.8. The third kappa shape index (κ3) is 37.8. The van der Waals surface area contributed by atoms with Crippen molar-refractivity contribution >= 4 is 17.9 Å². The summed E-state index contributed by atoms with van der Waals surface area (Å²) in [5, 5.41) is 11.6. The van der Waals surface area contributed by atoms with Crippen molar-refractivity contribution in [2.75, 3.05) is 41.0 Å². The van der Waals surface area contributed by atoms with Gasteiger partial charge >= 0.3 is 11.9 Å². The molecule has 0 bridgehead atoms. The van der Waals surface area contributed by atoms with Crippen molar-refractivity contribution in [2.45, 2.75) is 167 Å². The summed E-state index contributed by atoms with van der Waals surface area (Å²) in [4.78, 5) is 36.8. The molecule has 57 heavy (non-hydrogen) atoms. The van der Waals surface area contributed by atoms with E-state index in [1.807, 2.05) is 12.2 Å². The molecule has 0 aliphatic carbocycles. The highest BCUT2D eigenvalue weighted by atomic mass is 16.6. The largest absolute Gasteiger partial charge is 0.544 e. The number of ether oxygens (including phenoxy) is 3. The Hall–Kier alpha value is -3.49. The number of aliphatic carboxylic acids is 1. The quantitative estimate of drug-likeness (QED) is 0.0202. The van der Waals surface area contributed by atoms with E-state index in [-0.39, 0.29) is 42.7 Å². The van der Waals surface area contributed by atoms with Crippen molar-refractivity contribution in [2.24, 2.45) is 0 Å². The molecular weight excluding hydrogens is 715 g/mol. The van der Waals surface area contributed by atoms with Crippen LogP contribution in [0.25, 0.3) is 0 Å². The molecule has 0 amide bonds. The van der Waals surface area contributed by atoms with Crippen molar-refractivity contribution in [1.82, 2.24) is 0 Å². The molecular formula is C49H81NO7. The summed E-state index contributed by atoms with van der Waals surface area (Å²) < 4.78 is 17.1. The molecule has 0 rings (SSSR count). The van der Waals surface area contributed by atoms with E-state index >= 15 is 0 Å². The minimum absolute atomic E-state index is 0.0236. The zero-order chi connectivity index (χ0) is 42.1. The van der Waals surface area contributed by atoms with E-state index in [4.69, 9.17) is 14.2 Å². The average molecular weight is 796 g/mol. The van der Waals surface area contributed by atoms with Crippen LogP contribution in [0.1, 0.15) is 155 Å². The molecule has 0 radical (unpaired) electrons. The fraction of sp³-hybridized carbons (Fsp3) is 0.653. The minimum atomic E-state index is -1.13. The molecule has 0 saturated heterocycles. The lowest BCUT2D eigenvalue weighted by atomic mass is 10.1. The summed E-state index contributed by atoms with van der Waals surface area (Å²) in [5.74, 6) is -1.79. The molecule has 2 unspecified atom stereocenters. The van der Waals surface area contributed by atoms with Crippen LogP contribution in [0, 0.1) is 0 Å². The number of hydrogen-bond donors (Lipinski definition) is 0. The second-order valence-corrected chi connectivity index (χ2v) is 15.6. The Kier molecular flexibility index (Phi) is 36.9. The minimum Gasteiger partial charge on any atom is -0.544 e. The second-order valence-electron chi connectivity index (χ2n) is 15.6. The molecule has 8 heteroatoms. The van der Waals surface area contributed by atoms with Crippen LogP contribution in [0.5, 0.6) is 0 Å². The van der Waals surface area contributed by atoms with Gasteiger partial charge in [-0.25, -0.2) is 0 Å². The van der Waals surface area contributed by atoms with Crippen molar-refractivity contribution in [1.29, 1.82) is 0 Å². The van der Waals surface area contributed by atoms with Gasteiger partial charge in [-0.3, -0.25) is 9.59 Å². The maximum atomic E-state index is 12.7. The molecule has 324 valence electrons. The molecule has 0 aliphatic rings. The lowest BCUT2D eigenvalue weighted by Crippen LogP contribution is -2.55. The fourth-order valence-corrected chi connectivity index (χ4v) is 5.94. The maximum Gasteiger partial charge on any atom is 0.306 e. The lowest BCUT2D eigenvalue weighted by molar-refractivity contribution is -0.889. The first-order valence-electron chi connectivity index (χ1n) is 22.1. The van der Waals surface area contributed by atoms with Gasteiger partial charge in [0, 0.05) is 19.3 Å². The summed E-state index contributed by atoms with van der Waals surface area (Å²) in [6.07, 6.45) is 50.4. The van der Waals surface area contributed by atoms with Gasteiger partial charge in [0.05, 0.1) is 40.3 Å². The van der Waals surface area contributed by atoms with Gasteiger partial charge in [0.2, 0.25) is 0 Å². The maximum absolute atomic E-state index is 12.7. The van der Waals surface area contributed by atoms with Crippen molar-refractivity contribution in [3.8, 4) is 0 Å². The van der Waals surface area contributed by atoms with Crippen molar-refractivity contribution in [3.63, 3.8) is 0 Å². The van der Waals surface area contributed by atoms with Gasteiger partial charge in [0.15, 0.2) is 6.10 Å². The first-order valence-corrected chi connectivity index (χ1v) is 22.1. The number of carboxylic acid groups (broad SMARTS) is 1. The third-order valence-corrected chi connectivity index (χ3v) is 9.34. The summed E-state index contributed by atoms with van der Waals surface area (Å²) in [6, 6.07) is -0.735. The van der Waals surface area contributed by atoms with E-state index in [1.165, 1.54) is 19.3 Å². The van der Waals surface area contributed by atoms with Crippen molar-refractivity contribution in [3.05, 3.63) is 85.1 Å². The Morgan fingerprint density at radius 3 is 1.56 bits per heavy atom. The number of hydrogen-bond acceptors (Lipinski definition) is 7. The summed E-state index contributed by atoms with van der Waals surface area (Å²) >= 11 is 0. The smallest absolute Gasteiger partial charge is 0.306 e. The standard InChI is InChI=1S/C49H81NO7/c1-6-8-10-12-14-16-18-20-21-22-23-24-25-26-28-29-31-33-35-37-39-47(51)56-44-45(43-55-42-41-46(49(53)54)50(3,4)5)57-48(52)40-38-36-34-32-30-27-19-17-15-13-11-9-7-2/h8-11,13-17,19-21,23-24,45-46H,6-7,12,18,22,25-44H2,1-5H3/b10-8+,11-9+,15-13+,16-14+,19-17+,21-20+,24-23+. The van der Waals surface area contributed by atoms with Crippen LogP contribution >= 0.6 is 0 Å². The molecule has 0 N–H and O–H groups in total. The van der Waals surface area contributed by atoms with Gasteiger partial charge in [-0.05, 0) is 70.6 Å². The third-order valence-electron chi connectivity index (χ3n) is 9.34. The van der Waals surface area contributed by atoms with Crippen LogP contribution in [-0.4, -0.2) is 75.5 Å². The molecule has 0 fully saturated rings. The highest BCUT2D eigenvalue weighted by molar-refractivity contribution is 5.70. The zero-order valence-electron chi connectivity index (χ0n) is 36.7. The molecule has 0 aromatic carbocycles. The van der Waals surface area contributed by atoms with E-state index in [0.29, 0.717) is 12.8 Å². The molecule has 0 saturated carbocycles. The number of unbranched alkanes of at least 4 members (excludes halogenated alkanes) is 12. The second kappa shape index (κ2) is 39.3. The number of nitrogens with zero attached hydrogens (tertiary/aromatic N) is 1. The van der Waals surface area contributed by atoms with Gasteiger partial charge < -0.3 is 28.6 Å². The number of allylic oxidation sites excluding steroid dienone is 14. The van der Waals surface area contributed by atoms with E-state index in [0.717, 1.165) is 103 Å². The summed E-state index contributed by atoms with van der Waals surface area (Å²) in [7, 11) is 5.38. The number of rotatable bonds is 38. The molecule has 0 aliphatic heterocycles. The van der Waals surface area contributed by atoms with E-state index in [9.17, 15) is 19.5 Å². The van der Waals surface area contributed by atoms with Gasteiger partial charge in [-0.15, -0.1) is 0 Å². The first kappa shape index (κ1) is 53.5. The number of quaternary nitrogens is 1. The van der Waals surface area contributed by atoms with Gasteiger partial charge in [-0.2, -0.15) is 0 Å². The highest BCUT2D eigenvalue weighted by Gasteiger charge is 2.25. The Bertz CT molecular complexity index is 1200. The van der Waals surface area contributed by atoms with Crippen LogP contribution in [0.3, 0.4) is 0 Å². The molecule has 0 aromatic rings. The zero-order valence-corrected chi connectivity index (χ0v) is 36.7. The SMILES string of the molecule is CC/C=C/C=C/C=C/CCCCCCCC(=O)OC(COCCC(C(=O)[O-])[N+](C)(C)C)COC(=O)CCCCCCCCC/C=C/C/C=C/C/C=C/C/C=C/CC. The highest BCUT2D eigenvalue weighted by Crippen LogP contribution is 2.13. The fourth-order valence-electron chi connectivity index (χ4n) is 5.94. The Morgan fingerprint density at radius 1 is 0.544 bits per heavy atom. The molecule has 0 heterocycles. The molecule has 0 aromatic heterocycles. The lowest BCUT2D eigenvalue weighted by Gasteiger charge is -2.34. The van der Waals surface area contributed by atoms with Gasteiger partial charge in [0.25, 0.3) is 0 Å². The Labute approximate surface area is 348 Å². The Morgan fingerprint density at radius 2 is 1.02 bits per heavy atom. The first-order chi connectivity index (χ1) is 27.6. The number of esters is 2. The van der Waals surface area contributed by atoms with E-state index < -0.39 is 18.1 Å². The van der Waals surface area contributed by atoms with E-state index in [1.54, 1.807) is 21.1 Å². The normalized spacial score (nSPS) is 13.8. The Balaban J connectivity index is 4.36. The number of carbonyl (C=O) groups excluding carboxylic acids is 3. The number of carboxylic acids is 1.